The Hall–Kier alpha value is -1.55. The van der Waals surface area contributed by atoms with Crippen LogP contribution in [-0.4, -0.2) is 54.0 Å². The van der Waals surface area contributed by atoms with Crippen molar-refractivity contribution < 1.29 is 9.90 Å². The van der Waals surface area contributed by atoms with E-state index in [1.54, 1.807) is 11.0 Å². The first-order valence-electron chi connectivity index (χ1n) is 6.75. The minimum absolute atomic E-state index is 0.0873. The number of phenolic OH excluding ortho intramolecular Hbond substituents is 1. The zero-order valence-electron chi connectivity index (χ0n) is 11.9. The molecule has 1 fully saturated rings. The Morgan fingerprint density at radius 3 is 2.63 bits per heavy atom. The molecule has 0 radical (unpaired) electrons. The maximum Gasteiger partial charge on any atom is 0.257 e. The van der Waals surface area contributed by atoms with E-state index in [1.165, 1.54) is 0 Å². The van der Waals surface area contributed by atoms with E-state index >= 15 is 0 Å². The van der Waals surface area contributed by atoms with Crippen LogP contribution in [0.1, 0.15) is 28.8 Å². The highest BCUT2D eigenvalue weighted by Crippen LogP contribution is 2.24. The lowest BCUT2D eigenvalue weighted by atomic mass is 10.0. The highest BCUT2D eigenvalue weighted by atomic mass is 16.3. The summed E-state index contributed by atoms with van der Waals surface area (Å²) in [6.45, 7) is 3.84. The zero-order valence-corrected chi connectivity index (χ0v) is 11.9. The van der Waals surface area contributed by atoms with Gasteiger partial charge in [0.15, 0.2) is 0 Å². The Morgan fingerprint density at radius 2 is 2.00 bits per heavy atom. The fourth-order valence-corrected chi connectivity index (χ4v) is 2.57. The number of amides is 1. The summed E-state index contributed by atoms with van der Waals surface area (Å²) in [5.41, 5.74) is 1.14. The number of aryl methyl sites for hydroxylation is 1. The van der Waals surface area contributed by atoms with Crippen LogP contribution >= 0.6 is 0 Å². The number of hydrogen-bond acceptors (Lipinski definition) is 3. The normalized spacial score (nSPS) is 17.4. The summed E-state index contributed by atoms with van der Waals surface area (Å²) in [5, 5.41) is 10.0. The summed E-state index contributed by atoms with van der Waals surface area (Å²) in [6, 6.07) is 5.58. The van der Waals surface area contributed by atoms with Crippen LogP contribution in [0.4, 0.5) is 0 Å². The predicted octanol–water partition coefficient (Wildman–Crippen LogP) is 1.87. The number of para-hydroxylation sites is 1. The van der Waals surface area contributed by atoms with Crippen molar-refractivity contribution in [3.63, 3.8) is 0 Å². The number of nitrogens with zero attached hydrogens (tertiary/aromatic N) is 2. The molecule has 0 spiro atoms. The molecule has 0 aliphatic carbocycles. The van der Waals surface area contributed by atoms with Crippen molar-refractivity contribution in [1.82, 2.24) is 9.80 Å². The van der Waals surface area contributed by atoms with E-state index in [9.17, 15) is 9.90 Å². The van der Waals surface area contributed by atoms with E-state index in [0.717, 1.165) is 31.5 Å². The summed E-state index contributed by atoms with van der Waals surface area (Å²) in [5.74, 6) is 0.0167. The van der Waals surface area contributed by atoms with Gasteiger partial charge in [0.25, 0.3) is 5.91 Å². The predicted molar refractivity (Wildman–Crippen MR) is 75.5 cm³/mol. The fraction of sp³-hybridized carbons (Fsp3) is 0.533. The van der Waals surface area contributed by atoms with Crippen molar-refractivity contribution in [3.05, 3.63) is 29.3 Å². The standard InChI is InChI=1S/C15H22N2O2/c1-11-5-4-6-13(14(11)18)15(19)17(3)12-7-9-16(2)10-8-12/h4-6,12,18H,7-10H2,1-3H3. The van der Waals surface area contributed by atoms with E-state index in [0.29, 0.717) is 5.56 Å². The molecule has 104 valence electrons. The average molecular weight is 262 g/mol. The number of benzene rings is 1. The largest absolute Gasteiger partial charge is 0.507 e. The molecule has 1 aromatic rings. The molecule has 1 aliphatic rings. The minimum Gasteiger partial charge on any atom is -0.507 e. The number of rotatable bonds is 2. The second-order valence-corrected chi connectivity index (χ2v) is 5.42. The van der Waals surface area contributed by atoms with Crippen molar-refractivity contribution in [3.8, 4) is 5.75 Å². The van der Waals surface area contributed by atoms with Gasteiger partial charge < -0.3 is 14.9 Å². The lowest BCUT2D eigenvalue weighted by Gasteiger charge is -2.35. The molecule has 2 rings (SSSR count). The molecule has 0 saturated carbocycles. The number of hydrogen-bond donors (Lipinski definition) is 1. The molecule has 0 unspecified atom stereocenters. The molecular formula is C15H22N2O2. The number of carbonyl (C=O) groups excluding carboxylic acids is 1. The van der Waals surface area contributed by atoms with Crippen LogP contribution in [0.2, 0.25) is 0 Å². The van der Waals surface area contributed by atoms with Crippen LogP contribution < -0.4 is 0 Å². The summed E-state index contributed by atoms with van der Waals surface area (Å²) in [6.07, 6.45) is 1.98. The Kier molecular flexibility index (Phi) is 4.10. The molecule has 1 aliphatic heterocycles. The van der Waals surface area contributed by atoms with E-state index in [4.69, 9.17) is 0 Å². The first kappa shape index (κ1) is 13.9. The summed E-state index contributed by atoms with van der Waals surface area (Å²) in [4.78, 5) is 16.5. The molecule has 4 nitrogen and oxygen atoms in total. The zero-order chi connectivity index (χ0) is 14.0. The third kappa shape index (κ3) is 2.89. The van der Waals surface area contributed by atoms with Crippen molar-refractivity contribution >= 4 is 5.91 Å². The minimum atomic E-state index is -0.0873. The maximum atomic E-state index is 12.5. The van der Waals surface area contributed by atoms with E-state index in [-0.39, 0.29) is 17.7 Å². The molecule has 1 amide bonds. The van der Waals surface area contributed by atoms with Crippen molar-refractivity contribution in [2.75, 3.05) is 27.2 Å². The molecule has 4 heteroatoms. The summed E-state index contributed by atoms with van der Waals surface area (Å²) in [7, 11) is 3.94. The van der Waals surface area contributed by atoms with Gasteiger partial charge in [-0.05, 0) is 51.5 Å². The van der Waals surface area contributed by atoms with Gasteiger partial charge in [-0.2, -0.15) is 0 Å². The van der Waals surface area contributed by atoms with E-state index in [2.05, 4.69) is 11.9 Å². The molecular weight excluding hydrogens is 240 g/mol. The topological polar surface area (TPSA) is 43.8 Å². The third-order valence-electron chi connectivity index (χ3n) is 4.02. The van der Waals surface area contributed by atoms with E-state index < -0.39 is 0 Å². The Bertz CT molecular complexity index is 465. The highest BCUT2D eigenvalue weighted by molar-refractivity contribution is 5.97. The van der Waals surface area contributed by atoms with Gasteiger partial charge in [-0.25, -0.2) is 0 Å². The van der Waals surface area contributed by atoms with Gasteiger partial charge in [-0.3, -0.25) is 4.79 Å². The summed E-state index contributed by atoms with van der Waals surface area (Å²) < 4.78 is 0. The first-order chi connectivity index (χ1) is 9.00. The van der Waals surface area contributed by atoms with Crippen LogP contribution in [0, 0.1) is 6.92 Å². The Balaban J connectivity index is 2.13. The lowest BCUT2D eigenvalue weighted by Crippen LogP contribution is -2.44. The maximum absolute atomic E-state index is 12.5. The third-order valence-corrected chi connectivity index (χ3v) is 4.02. The SMILES string of the molecule is Cc1cccc(C(=O)N(C)C2CCN(C)CC2)c1O. The van der Waals surface area contributed by atoms with Crippen molar-refractivity contribution in [2.45, 2.75) is 25.8 Å². The van der Waals surface area contributed by atoms with Gasteiger partial charge in [-0.1, -0.05) is 12.1 Å². The average Bonchev–Trinajstić information content (AvgIpc) is 2.41. The van der Waals surface area contributed by atoms with Gasteiger partial charge in [0, 0.05) is 13.1 Å². The summed E-state index contributed by atoms with van der Waals surface area (Å²) >= 11 is 0. The molecule has 1 saturated heterocycles. The van der Waals surface area contributed by atoms with E-state index in [1.807, 2.05) is 26.1 Å². The molecule has 1 aromatic carbocycles. The molecule has 1 heterocycles. The smallest absolute Gasteiger partial charge is 0.257 e. The van der Waals surface area contributed by atoms with Gasteiger partial charge in [0.2, 0.25) is 0 Å². The van der Waals surface area contributed by atoms with Crippen LogP contribution in [0.15, 0.2) is 18.2 Å². The molecule has 0 atom stereocenters. The van der Waals surface area contributed by atoms with Crippen LogP contribution in [-0.2, 0) is 0 Å². The number of piperidine rings is 1. The monoisotopic (exact) mass is 262 g/mol. The molecule has 0 bridgehead atoms. The van der Waals surface area contributed by atoms with Gasteiger partial charge in [-0.15, -0.1) is 0 Å². The molecule has 1 N–H and O–H groups in total. The van der Waals surface area contributed by atoms with Crippen LogP contribution in [0.5, 0.6) is 5.75 Å². The fourth-order valence-electron chi connectivity index (χ4n) is 2.57. The molecule has 0 aromatic heterocycles. The Labute approximate surface area is 114 Å². The van der Waals surface area contributed by atoms with Crippen LogP contribution in [0.25, 0.3) is 0 Å². The van der Waals surface area contributed by atoms with Gasteiger partial charge >= 0.3 is 0 Å². The van der Waals surface area contributed by atoms with Crippen molar-refractivity contribution in [1.29, 1.82) is 0 Å². The second kappa shape index (κ2) is 5.61. The Morgan fingerprint density at radius 1 is 1.37 bits per heavy atom. The number of carbonyl (C=O) groups is 1. The van der Waals surface area contributed by atoms with Crippen LogP contribution in [0.3, 0.4) is 0 Å². The number of aromatic hydroxyl groups is 1. The van der Waals surface area contributed by atoms with Gasteiger partial charge in [0.1, 0.15) is 5.75 Å². The quantitative estimate of drug-likeness (QED) is 0.885. The highest BCUT2D eigenvalue weighted by Gasteiger charge is 2.26. The first-order valence-corrected chi connectivity index (χ1v) is 6.75. The lowest BCUT2D eigenvalue weighted by molar-refractivity contribution is 0.0656. The van der Waals surface area contributed by atoms with Crippen molar-refractivity contribution in [2.24, 2.45) is 0 Å². The molecule has 19 heavy (non-hydrogen) atoms. The number of likely N-dealkylation sites (tertiary alicyclic amines) is 1. The number of phenols is 1. The van der Waals surface area contributed by atoms with Gasteiger partial charge in [0.05, 0.1) is 5.56 Å². The second-order valence-electron chi connectivity index (χ2n) is 5.42.